The molecule has 98 valence electrons. The fourth-order valence-corrected chi connectivity index (χ4v) is 2.76. The van der Waals surface area contributed by atoms with Crippen LogP contribution in [0.5, 0.6) is 0 Å². The van der Waals surface area contributed by atoms with E-state index in [-0.39, 0.29) is 5.54 Å². The van der Waals surface area contributed by atoms with Crippen LogP contribution in [-0.4, -0.2) is 29.5 Å². The van der Waals surface area contributed by atoms with Gasteiger partial charge in [0.25, 0.3) is 0 Å². The third-order valence-electron chi connectivity index (χ3n) is 3.46. The van der Waals surface area contributed by atoms with E-state index in [0.717, 1.165) is 30.4 Å². The van der Waals surface area contributed by atoms with Crippen LogP contribution in [0.15, 0.2) is 33.7 Å². The zero-order valence-electron chi connectivity index (χ0n) is 11.0. The van der Waals surface area contributed by atoms with Gasteiger partial charge in [0, 0.05) is 11.0 Å². The van der Waals surface area contributed by atoms with Crippen LogP contribution in [0.4, 0.5) is 0 Å². The third-order valence-corrected chi connectivity index (χ3v) is 3.98. The summed E-state index contributed by atoms with van der Waals surface area (Å²) in [7, 11) is 0. The van der Waals surface area contributed by atoms with Gasteiger partial charge in [0.2, 0.25) is 0 Å². The van der Waals surface area contributed by atoms with Gasteiger partial charge in [0.1, 0.15) is 0 Å². The van der Waals surface area contributed by atoms with Crippen LogP contribution in [0, 0.1) is 0 Å². The first-order valence-corrected chi connectivity index (χ1v) is 7.16. The van der Waals surface area contributed by atoms with E-state index in [2.05, 4.69) is 63.9 Å². The highest BCUT2D eigenvalue weighted by Crippen LogP contribution is 2.26. The molecule has 0 radical (unpaired) electrons. The van der Waals surface area contributed by atoms with E-state index in [0.29, 0.717) is 5.96 Å². The minimum atomic E-state index is 0.0217. The molecule has 0 aliphatic carbocycles. The zero-order chi connectivity index (χ0) is 13.2. The average molecular weight is 310 g/mol. The summed E-state index contributed by atoms with van der Waals surface area (Å²) in [5, 5.41) is 0. The maximum absolute atomic E-state index is 5.99. The van der Waals surface area contributed by atoms with E-state index in [9.17, 15) is 0 Å². The van der Waals surface area contributed by atoms with Crippen molar-refractivity contribution in [1.82, 2.24) is 4.90 Å². The Labute approximate surface area is 117 Å². The Morgan fingerprint density at radius 2 is 2.06 bits per heavy atom. The Kier molecular flexibility index (Phi) is 3.95. The van der Waals surface area contributed by atoms with Crippen LogP contribution < -0.4 is 5.73 Å². The molecular formula is C14H20BrN3. The lowest BCUT2D eigenvalue weighted by Gasteiger charge is -2.36. The molecule has 18 heavy (non-hydrogen) atoms. The van der Waals surface area contributed by atoms with Gasteiger partial charge in [0.15, 0.2) is 5.96 Å². The van der Waals surface area contributed by atoms with Crippen LogP contribution in [0.2, 0.25) is 0 Å². The van der Waals surface area contributed by atoms with Crippen molar-refractivity contribution >= 4 is 21.9 Å². The van der Waals surface area contributed by atoms with Crippen molar-refractivity contribution in [2.75, 3.05) is 13.1 Å². The number of benzene rings is 1. The minimum absolute atomic E-state index is 0.0217. The van der Waals surface area contributed by atoms with Crippen molar-refractivity contribution < 1.29 is 0 Å². The molecule has 0 spiro atoms. The quantitative estimate of drug-likeness (QED) is 0.929. The molecule has 3 nitrogen and oxygen atoms in total. The molecule has 1 aromatic carbocycles. The SMILES string of the molecule is CCCN1C(N)=NCC1(C)Cc1ccc(Br)cc1. The van der Waals surface area contributed by atoms with Crippen molar-refractivity contribution in [2.45, 2.75) is 32.2 Å². The van der Waals surface area contributed by atoms with Gasteiger partial charge in [-0.2, -0.15) is 0 Å². The van der Waals surface area contributed by atoms with Gasteiger partial charge in [-0.25, -0.2) is 0 Å². The molecular weight excluding hydrogens is 290 g/mol. The molecule has 0 saturated carbocycles. The Morgan fingerprint density at radius 3 is 2.67 bits per heavy atom. The van der Waals surface area contributed by atoms with Crippen LogP contribution in [0.25, 0.3) is 0 Å². The molecule has 0 bridgehead atoms. The van der Waals surface area contributed by atoms with E-state index in [1.165, 1.54) is 5.56 Å². The van der Waals surface area contributed by atoms with E-state index in [1.807, 2.05) is 0 Å². The number of hydrogen-bond donors (Lipinski definition) is 1. The number of aliphatic imine (C=N–C) groups is 1. The van der Waals surface area contributed by atoms with E-state index in [4.69, 9.17) is 5.73 Å². The van der Waals surface area contributed by atoms with Crippen molar-refractivity contribution in [3.8, 4) is 0 Å². The monoisotopic (exact) mass is 309 g/mol. The summed E-state index contributed by atoms with van der Waals surface area (Å²) in [6.07, 6.45) is 2.07. The molecule has 2 N–H and O–H groups in total. The first-order chi connectivity index (χ1) is 8.55. The summed E-state index contributed by atoms with van der Waals surface area (Å²) < 4.78 is 1.11. The predicted octanol–water partition coefficient (Wildman–Crippen LogP) is 2.79. The number of hydrogen-bond acceptors (Lipinski definition) is 3. The lowest BCUT2D eigenvalue weighted by atomic mass is 9.92. The molecule has 1 unspecified atom stereocenters. The normalized spacial score (nSPS) is 23.3. The Balaban J connectivity index is 2.14. The zero-order valence-corrected chi connectivity index (χ0v) is 12.6. The maximum atomic E-state index is 5.99. The number of nitrogens with two attached hydrogens (primary N) is 1. The fourth-order valence-electron chi connectivity index (χ4n) is 2.50. The molecule has 1 heterocycles. The van der Waals surface area contributed by atoms with Gasteiger partial charge in [-0.3, -0.25) is 4.99 Å². The predicted molar refractivity (Wildman–Crippen MR) is 79.7 cm³/mol. The van der Waals surface area contributed by atoms with E-state index >= 15 is 0 Å². The molecule has 0 aromatic heterocycles. The topological polar surface area (TPSA) is 41.6 Å². The summed E-state index contributed by atoms with van der Waals surface area (Å²) in [6, 6.07) is 8.49. The summed E-state index contributed by atoms with van der Waals surface area (Å²) in [6.45, 7) is 6.18. The molecule has 0 fully saturated rings. The molecule has 4 heteroatoms. The number of rotatable bonds is 4. The summed E-state index contributed by atoms with van der Waals surface area (Å²) >= 11 is 3.46. The number of guanidine groups is 1. The summed E-state index contributed by atoms with van der Waals surface area (Å²) in [5.41, 5.74) is 7.33. The second-order valence-electron chi connectivity index (χ2n) is 5.13. The number of nitrogens with zero attached hydrogens (tertiary/aromatic N) is 2. The Hall–Kier alpha value is -1.03. The molecule has 1 aliphatic heterocycles. The summed E-state index contributed by atoms with van der Waals surface area (Å²) in [5.74, 6) is 0.691. The van der Waals surface area contributed by atoms with Gasteiger partial charge in [-0.05, 0) is 37.5 Å². The van der Waals surface area contributed by atoms with Crippen molar-refractivity contribution in [1.29, 1.82) is 0 Å². The van der Waals surface area contributed by atoms with Gasteiger partial charge in [-0.1, -0.05) is 35.0 Å². The lowest BCUT2D eigenvalue weighted by molar-refractivity contribution is 0.221. The molecule has 1 aliphatic rings. The second-order valence-corrected chi connectivity index (χ2v) is 6.04. The average Bonchev–Trinajstić information content (AvgIpc) is 2.61. The first-order valence-electron chi connectivity index (χ1n) is 6.37. The molecule has 0 saturated heterocycles. The van der Waals surface area contributed by atoms with Crippen LogP contribution in [-0.2, 0) is 6.42 Å². The largest absolute Gasteiger partial charge is 0.370 e. The van der Waals surface area contributed by atoms with Gasteiger partial charge >= 0.3 is 0 Å². The van der Waals surface area contributed by atoms with Gasteiger partial charge in [0.05, 0.1) is 12.1 Å². The Morgan fingerprint density at radius 1 is 1.39 bits per heavy atom. The minimum Gasteiger partial charge on any atom is -0.370 e. The van der Waals surface area contributed by atoms with Gasteiger partial charge in [-0.15, -0.1) is 0 Å². The highest BCUT2D eigenvalue weighted by molar-refractivity contribution is 9.10. The molecule has 2 rings (SSSR count). The van der Waals surface area contributed by atoms with Gasteiger partial charge < -0.3 is 10.6 Å². The lowest BCUT2D eigenvalue weighted by Crippen LogP contribution is -2.51. The number of halogens is 1. The van der Waals surface area contributed by atoms with Crippen molar-refractivity contribution in [3.63, 3.8) is 0 Å². The third kappa shape index (κ3) is 2.69. The highest BCUT2D eigenvalue weighted by Gasteiger charge is 2.37. The smallest absolute Gasteiger partial charge is 0.191 e. The second kappa shape index (κ2) is 5.31. The first kappa shape index (κ1) is 13.4. The van der Waals surface area contributed by atoms with Crippen molar-refractivity contribution in [2.24, 2.45) is 10.7 Å². The fraction of sp³-hybridized carbons (Fsp3) is 0.500. The van der Waals surface area contributed by atoms with Crippen LogP contribution in [0.1, 0.15) is 25.8 Å². The maximum Gasteiger partial charge on any atom is 0.191 e. The standard InChI is InChI=1S/C14H20BrN3/c1-3-8-18-13(16)17-10-14(18,2)9-11-4-6-12(15)7-5-11/h4-7H,3,8-10H2,1-2H3,(H2,16,17). The summed E-state index contributed by atoms with van der Waals surface area (Å²) in [4.78, 5) is 6.66. The van der Waals surface area contributed by atoms with E-state index in [1.54, 1.807) is 0 Å². The molecule has 1 atom stereocenters. The van der Waals surface area contributed by atoms with Crippen molar-refractivity contribution in [3.05, 3.63) is 34.3 Å². The highest BCUT2D eigenvalue weighted by atomic mass is 79.9. The molecule has 1 aromatic rings. The Bertz CT molecular complexity index is 441. The van der Waals surface area contributed by atoms with Crippen LogP contribution in [0.3, 0.4) is 0 Å². The van der Waals surface area contributed by atoms with E-state index < -0.39 is 0 Å². The van der Waals surface area contributed by atoms with Crippen LogP contribution >= 0.6 is 15.9 Å². The molecule has 0 amide bonds.